The molecule has 0 saturated carbocycles. The standard InChI is InChI=1S/C19H23N3O5/c1-11-4-6-13(7-5-11)19(3)17(26)22(18(27)20-19)10-15(23)21-8-12(2)14(9-21)16(24)25/h4-7,12,14H,8-10H2,1-3H3,(H,20,27)(H,24,25)/t12-,14-,19?/m1/s1. The van der Waals surface area contributed by atoms with E-state index >= 15 is 0 Å². The van der Waals surface area contributed by atoms with E-state index in [1.165, 1.54) is 4.90 Å². The maximum atomic E-state index is 12.9. The lowest BCUT2D eigenvalue weighted by atomic mass is 9.91. The Kier molecular flexibility index (Phi) is 4.67. The number of nitrogens with zero attached hydrogens (tertiary/aromatic N) is 2. The molecule has 0 radical (unpaired) electrons. The first-order chi connectivity index (χ1) is 12.6. The van der Waals surface area contributed by atoms with Crippen LogP contribution in [0, 0.1) is 18.8 Å². The summed E-state index contributed by atoms with van der Waals surface area (Å²) in [5.74, 6) is -2.67. The lowest BCUT2D eigenvalue weighted by Crippen LogP contribution is -2.44. The molecule has 2 fully saturated rings. The molecule has 0 spiro atoms. The van der Waals surface area contributed by atoms with E-state index in [9.17, 15) is 24.3 Å². The monoisotopic (exact) mass is 373 g/mol. The number of amides is 4. The van der Waals surface area contributed by atoms with Crippen LogP contribution in [0.5, 0.6) is 0 Å². The van der Waals surface area contributed by atoms with E-state index in [-0.39, 0.29) is 12.5 Å². The van der Waals surface area contributed by atoms with Gasteiger partial charge in [0.1, 0.15) is 12.1 Å². The summed E-state index contributed by atoms with van der Waals surface area (Å²) in [6, 6.07) is 6.63. The number of likely N-dealkylation sites (tertiary alicyclic amines) is 1. The predicted molar refractivity (Wildman–Crippen MR) is 95.6 cm³/mol. The third kappa shape index (κ3) is 3.27. The number of benzene rings is 1. The van der Waals surface area contributed by atoms with E-state index in [2.05, 4.69) is 5.32 Å². The molecule has 2 N–H and O–H groups in total. The summed E-state index contributed by atoms with van der Waals surface area (Å²) in [4.78, 5) is 51.3. The summed E-state index contributed by atoms with van der Waals surface area (Å²) in [6.07, 6.45) is 0. The molecule has 1 unspecified atom stereocenters. The van der Waals surface area contributed by atoms with Gasteiger partial charge in [0.25, 0.3) is 5.91 Å². The number of aliphatic carboxylic acids is 1. The number of carboxylic acids is 1. The molecule has 2 heterocycles. The first-order valence-corrected chi connectivity index (χ1v) is 8.85. The highest BCUT2D eigenvalue weighted by Crippen LogP contribution is 2.29. The van der Waals surface area contributed by atoms with Gasteiger partial charge in [0.05, 0.1) is 5.92 Å². The van der Waals surface area contributed by atoms with E-state index < -0.39 is 41.8 Å². The van der Waals surface area contributed by atoms with Gasteiger partial charge in [-0.05, 0) is 25.3 Å². The molecule has 8 nitrogen and oxygen atoms in total. The van der Waals surface area contributed by atoms with Crippen LogP contribution in [-0.4, -0.2) is 58.4 Å². The average Bonchev–Trinajstić information content (AvgIpc) is 3.09. The number of urea groups is 1. The summed E-state index contributed by atoms with van der Waals surface area (Å²) in [7, 11) is 0. The number of rotatable bonds is 4. The molecule has 1 aromatic carbocycles. The maximum Gasteiger partial charge on any atom is 0.325 e. The molecular weight excluding hydrogens is 350 g/mol. The van der Waals surface area contributed by atoms with Gasteiger partial charge in [-0.1, -0.05) is 36.8 Å². The zero-order chi connectivity index (χ0) is 19.9. The van der Waals surface area contributed by atoms with Crippen molar-refractivity contribution in [1.29, 1.82) is 0 Å². The second kappa shape index (κ2) is 6.68. The minimum atomic E-state index is -1.23. The van der Waals surface area contributed by atoms with Crippen molar-refractivity contribution < 1.29 is 24.3 Å². The smallest absolute Gasteiger partial charge is 0.325 e. The van der Waals surface area contributed by atoms with Gasteiger partial charge in [0, 0.05) is 13.1 Å². The molecule has 0 aromatic heterocycles. The van der Waals surface area contributed by atoms with Crippen molar-refractivity contribution in [3.8, 4) is 0 Å². The van der Waals surface area contributed by atoms with E-state index in [4.69, 9.17) is 0 Å². The molecule has 2 saturated heterocycles. The molecule has 2 aliphatic rings. The minimum Gasteiger partial charge on any atom is -0.481 e. The molecule has 1 aromatic rings. The van der Waals surface area contributed by atoms with Gasteiger partial charge in [-0.15, -0.1) is 0 Å². The zero-order valence-electron chi connectivity index (χ0n) is 15.6. The second-order valence-electron chi connectivity index (χ2n) is 7.53. The molecule has 8 heteroatoms. The Morgan fingerprint density at radius 1 is 1.22 bits per heavy atom. The van der Waals surface area contributed by atoms with Crippen LogP contribution in [-0.2, 0) is 19.9 Å². The largest absolute Gasteiger partial charge is 0.481 e. The van der Waals surface area contributed by atoms with Crippen molar-refractivity contribution in [2.45, 2.75) is 26.3 Å². The van der Waals surface area contributed by atoms with Crippen LogP contribution in [0.2, 0.25) is 0 Å². The Morgan fingerprint density at radius 3 is 2.41 bits per heavy atom. The number of carbonyl (C=O) groups excluding carboxylic acids is 3. The molecule has 2 aliphatic heterocycles. The fourth-order valence-corrected chi connectivity index (χ4v) is 3.65. The summed E-state index contributed by atoms with van der Waals surface area (Å²) < 4.78 is 0. The van der Waals surface area contributed by atoms with Crippen molar-refractivity contribution in [3.05, 3.63) is 35.4 Å². The van der Waals surface area contributed by atoms with E-state index in [1.54, 1.807) is 26.0 Å². The Morgan fingerprint density at radius 2 is 1.85 bits per heavy atom. The number of aryl methyl sites for hydroxylation is 1. The molecule has 0 bridgehead atoms. The van der Waals surface area contributed by atoms with Gasteiger partial charge in [-0.2, -0.15) is 0 Å². The number of hydrogen-bond donors (Lipinski definition) is 2. The van der Waals surface area contributed by atoms with Crippen molar-refractivity contribution >= 4 is 23.8 Å². The van der Waals surface area contributed by atoms with Crippen molar-refractivity contribution in [1.82, 2.24) is 15.1 Å². The van der Waals surface area contributed by atoms with Crippen LogP contribution < -0.4 is 5.32 Å². The summed E-state index contributed by atoms with van der Waals surface area (Å²) >= 11 is 0. The molecule has 3 rings (SSSR count). The molecule has 4 amide bonds. The van der Waals surface area contributed by atoms with Gasteiger partial charge >= 0.3 is 12.0 Å². The molecule has 27 heavy (non-hydrogen) atoms. The van der Waals surface area contributed by atoms with Crippen LogP contribution in [0.15, 0.2) is 24.3 Å². The summed E-state index contributed by atoms with van der Waals surface area (Å²) in [6.45, 7) is 5.30. The first-order valence-electron chi connectivity index (χ1n) is 8.85. The Balaban J connectivity index is 1.73. The van der Waals surface area contributed by atoms with Gasteiger partial charge in [-0.25, -0.2) is 4.79 Å². The molecule has 3 atom stereocenters. The molecule has 144 valence electrons. The van der Waals surface area contributed by atoms with Crippen LogP contribution >= 0.6 is 0 Å². The van der Waals surface area contributed by atoms with Crippen LogP contribution in [0.25, 0.3) is 0 Å². The van der Waals surface area contributed by atoms with Crippen molar-refractivity contribution in [2.24, 2.45) is 11.8 Å². The van der Waals surface area contributed by atoms with Crippen LogP contribution in [0.3, 0.4) is 0 Å². The highest BCUT2D eigenvalue weighted by atomic mass is 16.4. The minimum absolute atomic E-state index is 0.0915. The second-order valence-corrected chi connectivity index (χ2v) is 7.53. The number of carbonyl (C=O) groups is 4. The van der Waals surface area contributed by atoms with E-state index in [0.717, 1.165) is 10.5 Å². The van der Waals surface area contributed by atoms with Gasteiger partial charge < -0.3 is 15.3 Å². The number of hydrogen-bond acceptors (Lipinski definition) is 4. The first kappa shape index (κ1) is 18.9. The van der Waals surface area contributed by atoms with Gasteiger partial charge in [0.15, 0.2) is 0 Å². The van der Waals surface area contributed by atoms with E-state index in [0.29, 0.717) is 12.1 Å². The number of nitrogens with one attached hydrogen (secondary N) is 1. The van der Waals surface area contributed by atoms with E-state index in [1.807, 2.05) is 19.1 Å². The van der Waals surface area contributed by atoms with Gasteiger partial charge in [0.2, 0.25) is 5.91 Å². The summed E-state index contributed by atoms with van der Waals surface area (Å²) in [5.41, 5.74) is 0.442. The normalized spacial score (nSPS) is 27.8. The fraction of sp³-hybridized carbons (Fsp3) is 0.474. The molecule has 0 aliphatic carbocycles. The highest BCUT2D eigenvalue weighted by molar-refractivity contribution is 6.09. The Hall–Kier alpha value is -2.90. The Labute approximate surface area is 157 Å². The fourth-order valence-electron chi connectivity index (χ4n) is 3.65. The van der Waals surface area contributed by atoms with Crippen LogP contribution in [0.4, 0.5) is 4.79 Å². The van der Waals surface area contributed by atoms with Crippen molar-refractivity contribution in [3.63, 3.8) is 0 Å². The molecular formula is C19H23N3O5. The van der Waals surface area contributed by atoms with Gasteiger partial charge in [-0.3, -0.25) is 19.3 Å². The highest BCUT2D eigenvalue weighted by Gasteiger charge is 2.50. The SMILES string of the molecule is Cc1ccc(C2(C)NC(=O)N(CC(=O)N3C[C@@H](C)[C@H](C(=O)O)C3)C2=O)cc1. The lowest BCUT2D eigenvalue weighted by molar-refractivity contribution is -0.143. The zero-order valence-corrected chi connectivity index (χ0v) is 15.6. The van der Waals surface area contributed by atoms with Crippen LogP contribution in [0.1, 0.15) is 25.0 Å². The third-order valence-electron chi connectivity index (χ3n) is 5.48. The van der Waals surface area contributed by atoms with Crippen molar-refractivity contribution in [2.75, 3.05) is 19.6 Å². The number of imide groups is 1. The number of carboxylic acid groups (broad SMARTS) is 1. The topological polar surface area (TPSA) is 107 Å². The average molecular weight is 373 g/mol. The third-order valence-corrected chi connectivity index (χ3v) is 5.48. The lowest BCUT2D eigenvalue weighted by Gasteiger charge is -2.23. The summed E-state index contributed by atoms with van der Waals surface area (Å²) in [5, 5.41) is 11.9. The maximum absolute atomic E-state index is 12.9. The predicted octanol–water partition coefficient (Wildman–Crippen LogP) is 0.941. The quantitative estimate of drug-likeness (QED) is 0.764. The Bertz CT molecular complexity index is 806.